The second-order valence-electron chi connectivity index (χ2n) is 4.58. The zero-order chi connectivity index (χ0) is 13.8. The van der Waals surface area contributed by atoms with Crippen molar-refractivity contribution in [1.82, 2.24) is 9.88 Å². The van der Waals surface area contributed by atoms with E-state index >= 15 is 0 Å². The number of hydrogen-bond donors (Lipinski definition) is 1. The Morgan fingerprint density at radius 2 is 2.05 bits per heavy atom. The first-order chi connectivity index (χ1) is 9.10. The van der Waals surface area contributed by atoms with Crippen LogP contribution in [0.1, 0.15) is 22.3 Å². The summed E-state index contributed by atoms with van der Waals surface area (Å²) in [5.41, 5.74) is 8.19. The molecule has 1 heterocycles. The average Bonchev–Trinajstić information content (AvgIpc) is 2.78. The highest BCUT2D eigenvalue weighted by Gasteiger charge is 2.16. The molecule has 0 bridgehead atoms. The van der Waals surface area contributed by atoms with Crippen LogP contribution in [-0.4, -0.2) is 23.5 Å². The number of hydrogen-bond acceptors (Lipinski definition) is 4. The number of nitrogens with zero attached hydrogens (tertiary/aromatic N) is 2. The number of rotatable bonds is 5. The van der Waals surface area contributed by atoms with E-state index in [1.807, 2.05) is 31.2 Å². The van der Waals surface area contributed by atoms with Crippen molar-refractivity contribution in [1.29, 1.82) is 0 Å². The second kappa shape index (κ2) is 6.48. The van der Waals surface area contributed by atoms with Crippen molar-refractivity contribution in [2.24, 2.45) is 5.73 Å². The van der Waals surface area contributed by atoms with E-state index in [0.29, 0.717) is 6.54 Å². The van der Waals surface area contributed by atoms with Crippen molar-refractivity contribution in [3.8, 4) is 0 Å². The first-order valence-corrected chi connectivity index (χ1v) is 7.42. The Kier molecular flexibility index (Phi) is 4.93. The van der Waals surface area contributed by atoms with Gasteiger partial charge in [-0.3, -0.25) is 4.90 Å². The minimum Gasteiger partial charge on any atom is -0.329 e. The summed E-state index contributed by atoms with van der Waals surface area (Å²) in [5.74, 6) is 0. The first kappa shape index (κ1) is 14.5. The Hall–Kier alpha value is -0.940. The fourth-order valence-electron chi connectivity index (χ4n) is 2.10. The smallest absolute Gasteiger partial charge is 0.0897 e. The van der Waals surface area contributed by atoms with Gasteiger partial charge in [0.2, 0.25) is 0 Å². The van der Waals surface area contributed by atoms with Crippen molar-refractivity contribution < 1.29 is 0 Å². The summed E-state index contributed by atoms with van der Waals surface area (Å²) < 4.78 is 0. The molecule has 1 aromatic carbocycles. The van der Waals surface area contributed by atoms with Crippen LogP contribution in [0.15, 0.2) is 29.6 Å². The third-order valence-corrected chi connectivity index (χ3v) is 4.16. The zero-order valence-electron chi connectivity index (χ0n) is 11.1. The second-order valence-corrected chi connectivity index (χ2v) is 6.07. The fraction of sp³-hybridized carbons (Fsp3) is 0.357. The Labute approximate surface area is 123 Å². The first-order valence-electron chi connectivity index (χ1n) is 6.17. The van der Waals surface area contributed by atoms with Crippen LogP contribution in [0.3, 0.4) is 0 Å². The van der Waals surface area contributed by atoms with Gasteiger partial charge in [0.05, 0.1) is 10.7 Å². The highest BCUT2D eigenvalue weighted by molar-refractivity contribution is 7.09. The maximum atomic E-state index is 5.92. The van der Waals surface area contributed by atoms with Crippen molar-refractivity contribution in [2.45, 2.75) is 19.5 Å². The van der Waals surface area contributed by atoms with Gasteiger partial charge >= 0.3 is 0 Å². The summed E-state index contributed by atoms with van der Waals surface area (Å²) in [5, 5.41) is 3.94. The maximum absolute atomic E-state index is 5.92. The maximum Gasteiger partial charge on any atom is 0.0897 e. The highest BCUT2D eigenvalue weighted by atomic mass is 35.5. The predicted octanol–water partition coefficient (Wildman–Crippen LogP) is 3.24. The molecule has 2 rings (SSSR count). The van der Waals surface area contributed by atoms with Crippen LogP contribution in [-0.2, 0) is 6.54 Å². The summed E-state index contributed by atoms with van der Waals surface area (Å²) in [6, 6.07) is 8.05. The number of halogens is 1. The van der Waals surface area contributed by atoms with Crippen LogP contribution in [0.5, 0.6) is 0 Å². The van der Waals surface area contributed by atoms with E-state index in [1.165, 1.54) is 5.56 Å². The van der Waals surface area contributed by atoms with Gasteiger partial charge in [-0.2, -0.15) is 0 Å². The molecule has 1 unspecified atom stereocenters. The molecular weight excluding hydrogens is 278 g/mol. The van der Waals surface area contributed by atoms with Crippen LogP contribution in [0.25, 0.3) is 0 Å². The van der Waals surface area contributed by atoms with Crippen LogP contribution in [0.4, 0.5) is 0 Å². The van der Waals surface area contributed by atoms with Gasteiger partial charge in [0.1, 0.15) is 0 Å². The molecule has 0 amide bonds. The molecular formula is C14H18ClN3S. The molecule has 2 N–H and O–H groups in total. The molecule has 2 aromatic rings. The van der Waals surface area contributed by atoms with Crippen molar-refractivity contribution >= 4 is 22.9 Å². The third-order valence-electron chi connectivity index (χ3n) is 3.09. The van der Waals surface area contributed by atoms with Gasteiger partial charge in [-0.1, -0.05) is 23.7 Å². The highest BCUT2D eigenvalue weighted by Crippen LogP contribution is 2.22. The number of thiazole rings is 1. The Balaban J connectivity index is 2.10. The van der Waals surface area contributed by atoms with Crippen molar-refractivity contribution in [3.63, 3.8) is 0 Å². The van der Waals surface area contributed by atoms with E-state index in [9.17, 15) is 0 Å². The zero-order valence-corrected chi connectivity index (χ0v) is 12.7. The summed E-state index contributed by atoms with van der Waals surface area (Å²) in [7, 11) is 2.07. The summed E-state index contributed by atoms with van der Waals surface area (Å²) in [4.78, 5) is 6.71. The SMILES string of the molecule is Cc1nc(CN(C)C(CN)c2ccc(Cl)cc2)cs1. The number of benzene rings is 1. The molecule has 0 saturated carbocycles. The topological polar surface area (TPSA) is 42.2 Å². The van der Waals surface area contributed by atoms with Crippen LogP contribution in [0, 0.1) is 6.92 Å². The van der Waals surface area contributed by atoms with E-state index < -0.39 is 0 Å². The lowest BCUT2D eigenvalue weighted by Gasteiger charge is -2.26. The molecule has 0 aliphatic rings. The monoisotopic (exact) mass is 295 g/mol. The van der Waals surface area contributed by atoms with E-state index in [4.69, 9.17) is 17.3 Å². The van der Waals surface area contributed by atoms with Gasteiger partial charge in [-0.05, 0) is 31.7 Å². The minimum absolute atomic E-state index is 0.180. The van der Waals surface area contributed by atoms with Gasteiger partial charge in [0.15, 0.2) is 0 Å². The number of aryl methyl sites for hydroxylation is 1. The minimum atomic E-state index is 0.180. The standard InChI is InChI=1S/C14H18ClN3S/c1-10-17-13(9-19-10)8-18(2)14(7-16)11-3-5-12(15)6-4-11/h3-6,9,14H,7-8,16H2,1-2H3. The van der Waals surface area contributed by atoms with Crippen molar-refractivity contribution in [2.75, 3.05) is 13.6 Å². The van der Waals surface area contributed by atoms with Gasteiger partial charge in [-0.25, -0.2) is 4.98 Å². The molecule has 0 saturated heterocycles. The van der Waals surface area contributed by atoms with Gasteiger partial charge in [0, 0.05) is 29.5 Å². The van der Waals surface area contributed by atoms with E-state index in [0.717, 1.165) is 22.3 Å². The van der Waals surface area contributed by atoms with Crippen molar-refractivity contribution in [3.05, 3.63) is 50.9 Å². The molecule has 102 valence electrons. The third kappa shape index (κ3) is 3.76. The molecule has 1 aromatic heterocycles. The number of aromatic nitrogens is 1. The largest absolute Gasteiger partial charge is 0.329 e. The van der Waals surface area contributed by atoms with E-state index in [2.05, 4.69) is 22.3 Å². The molecule has 0 aliphatic heterocycles. The normalized spacial score (nSPS) is 12.9. The van der Waals surface area contributed by atoms with E-state index in [-0.39, 0.29) is 6.04 Å². The van der Waals surface area contributed by atoms with Gasteiger partial charge < -0.3 is 5.73 Å². The lowest BCUT2D eigenvalue weighted by atomic mass is 10.1. The lowest BCUT2D eigenvalue weighted by Crippen LogP contribution is -2.30. The molecule has 5 heteroatoms. The average molecular weight is 296 g/mol. The van der Waals surface area contributed by atoms with Gasteiger partial charge in [-0.15, -0.1) is 11.3 Å². The molecule has 0 aliphatic carbocycles. The summed E-state index contributed by atoms with van der Waals surface area (Å²) in [6.07, 6.45) is 0. The number of likely N-dealkylation sites (N-methyl/N-ethyl adjacent to an activating group) is 1. The molecule has 0 spiro atoms. The fourth-order valence-corrected chi connectivity index (χ4v) is 2.83. The molecule has 3 nitrogen and oxygen atoms in total. The Morgan fingerprint density at radius 3 is 2.58 bits per heavy atom. The van der Waals surface area contributed by atoms with Crippen LogP contribution in [0.2, 0.25) is 5.02 Å². The summed E-state index contributed by atoms with van der Waals surface area (Å²) >= 11 is 7.60. The lowest BCUT2D eigenvalue weighted by molar-refractivity contribution is 0.239. The quantitative estimate of drug-likeness (QED) is 0.921. The molecule has 0 radical (unpaired) electrons. The molecule has 0 fully saturated rings. The van der Waals surface area contributed by atoms with Gasteiger partial charge in [0.25, 0.3) is 0 Å². The Bertz CT molecular complexity index is 524. The molecule has 19 heavy (non-hydrogen) atoms. The predicted molar refractivity (Wildman–Crippen MR) is 81.6 cm³/mol. The Morgan fingerprint density at radius 1 is 1.37 bits per heavy atom. The summed E-state index contributed by atoms with van der Waals surface area (Å²) in [6.45, 7) is 3.39. The number of nitrogens with two attached hydrogens (primary N) is 1. The van der Waals surface area contributed by atoms with Crippen LogP contribution < -0.4 is 5.73 Å². The van der Waals surface area contributed by atoms with E-state index in [1.54, 1.807) is 11.3 Å². The molecule has 1 atom stereocenters. The van der Waals surface area contributed by atoms with Crippen LogP contribution >= 0.6 is 22.9 Å².